The minimum Gasteiger partial charge on any atom is -0.457 e. The first-order valence-corrected chi connectivity index (χ1v) is 18.8. The van der Waals surface area contributed by atoms with Crippen molar-refractivity contribution in [3.8, 4) is 0 Å². The van der Waals surface area contributed by atoms with Gasteiger partial charge in [0.2, 0.25) is 5.91 Å². The van der Waals surface area contributed by atoms with Crippen molar-refractivity contribution in [3.05, 3.63) is 152 Å². The van der Waals surface area contributed by atoms with Gasteiger partial charge in [-0.3, -0.25) is 9.59 Å². The molecule has 0 radical (unpaired) electrons. The molecule has 1 heterocycles. The number of esters is 1. The Morgan fingerprint density at radius 1 is 0.808 bits per heavy atom. The fraction of sp³-hybridized carbons (Fsp3) is 0.171. The Balaban J connectivity index is 1.81. The lowest BCUT2D eigenvalue weighted by Gasteiger charge is -2.51. The van der Waals surface area contributed by atoms with Gasteiger partial charge >= 0.3 is 12.1 Å². The topological polar surface area (TPSA) is 125 Å². The summed E-state index contributed by atoms with van der Waals surface area (Å²) in [7, 11) is 0. The smallest absolute Gasteiger partial charge is 0.457 e. The highest BCUT2D eigenvalue weighted by Crippen LogP contribution is 2.50. The van der Waals surface area contributed by atoms with Gasteiger partial charge in [-0.2, -0.15) is 0 Å². The number of β-lactam (4-membered cyclic amide) rings is 1. The minimum atomic E-state index is -3.27. The number of ether oxygens (including phenoxy) is 3. The van der Waals surface area contributed by atoms with Gasteiger partial charge in [0.15, 0.2) is 5.78 Å². The van der Waals surface area contributed by atoms with Crippen molar-refractivity contribution < 1.29 is 33.4 Å². The number of amides is 1. The number of thiocarbonyl (C=S) groups is 1. The highest BCUT2D eigenvalue weighted by molar-refractivity contribution is 7.96. The van der Waals surface area contributed by atoms with E-state index in [2.05, 4.69) is 13.2 Å². The molecule has 4 aromatic carbocycles. The van der Waals surface area contributed by atoms with E-state index in [0.717, 1.165) is 15.9 Å². The number of rotatable bonds is 15. The van der Waals surface area contributed by atoms with E-state index in [0.29, 0.717) is 11.1 Å². The summed E-state index contributed by atoms with van der Waals surface area (Å²) >= 11 is 5.15. The van der Waals surface area contributed by atoms with Crippen LogP contribution >= 0.6 is 19.1 Å². The summed E-state index contributed by atoms with van der Waals surface area (Å²) in [4.78, 5) is 57.7. The summed E-state index contributed by atoms with van der Waals surface area (Å²) < 4.78 is 16.4. The second kappa shape index (κ2) is 17.1. The second-order valence-electron chi connectivity index (χ2n) is 11.9. The molecule has 0 bridgehead atoms. The number of nitrogens with zero attached hydrogens (tertiary/aromatic N) is 1. The Bertz CT molecular complexity index is 1930. The number of nitrogens with two attached hydrogens (primary N) is 1. The maximum absolute atomic E-state index is 14.7. The first kappa shape index (κ1) is 37.7. The molecule has 5 rings (SSSR count). The molecule has 0 spiro atoms. The third-order valence-electron chi connectivity index (χ3n) is 8.73. The summed E-state index contributed by atoms with van der Waals surface area (Å²) in [6, 6.07) is 34.1. The molecule has 1 saturated heterocycles. The molecule has 0 unspecified atom stereocenters. The van der Waals surface area contributed by atoms with Crippen molar-refractivity contribution in [2.24, 2.45) is 11.7 Å². The number of likely N-dealkylation sites (tertiary alicyclic amines) is 1. The summed E-state index contributed by atoms with van der Waals surface area (Å²) in [5.41, 5.74) is 6.77. The van der Waals surface area contributed by atoms with Crippen LogP contribution in [0, 0.1) is 5.92 Å². The maximum Gasteiger partial charge on any atom is 0.508 e. The summed E-state index contributed by atoms with van der Waals surface area (Å²) in [6.45, 7) is 5.34. The van der Waals surface area contributed by atoms with Gasteiger partial charge in [0.1, 0.15) is 29.7 Å². The average molecular weight is 735 g/mol. The molecule has 1 amide bonds. The van der Waals surface area contributed by atoms with Crippen LogP contribution in [0.25, 0.3) is 0 Å². The van der Waals surface area contributed by atoms with Crippen LogP contribution in [0.1, 0.15) is 29.3 Å². The summed E-state index contributed by atoms with van der Waals surface area (Å²) in [6.07, 6.45) is 0.571. The Morgan fingerprint density at radius 2 is 1.31 bits per heavy atom. The molecular weight excluding hydrogens is 695 g/mol. The number of hydrogen-bond donors (Lipinski definition) is 1. The van der Waals surface area contributed by atoms with Crippen LogP contribution in [0.4, 0.5) is 4.79 Å². The number of Topliss-reactive ketones (excluding diaryl/α,β-unsaturated/α-hetero) is 1. The van der Waals surface area contributed by atoms with Crippen molar-refractivity contribution in [2.45, 2.75) is 25.5 Å². The van der Waals surface area contributed by atoms with E-state index in [9.17, 15) is 19.2 Å². The van der Waals surface area contributed by atoms with E-state index in [1.54, 1.807) is 31.2 Å². The molecule has 11 heteroatoms. The monoisotopic (exact) mass is 734 g/mol. The average Bonchev–Trinajstić information content (AvgIpc) is 3.17. The summed E-state index contributed by atoms with van der Waals surface area (Å²) in [5.74, 6) is -2.63. The highest BCUT2D eigenvalue weighted by Gasteiger charge is 2.57. The Labute approximate surface area is 308 Å². The number of carbonyl (C=O) groups excluding carboxylic acids is 4. The molecule has 1 aliphatic heterocycles. The van der Waals surface area contributed by atoms with Crippen LogP contribution in [0.3, 0.4) is 0 Å². The lowest BCUT2D eigenvalue weighted by atomic mass is 9.79. The van der Waals surface area contributed by atoms with Crippen LogP contribution in [0.5, 0.6) is 0 Å². The molecule has 1 fully saturated rings. The van der Waals surface area contributed by atoms with E-state index >= 15 is 0 Å². The molecule has 266 valence electrons. The number of hydrogen-bond acceptors (Lipinski definition) is 8. The van der Waals surface area contributed by atoms with Crippen molar-refractivity contribution in [1.29, 1.82) is 0 Å². The number of carbonyl (C=O) groups is 4. The van der Waals surface area contributed by atoms with Crippen molar-refractivity contribution in [3.63, 3.8) is 0 Å². The predicted octanol–water partition coefficient (Wildman–Crippen LogP) is 5.30. The highest BCUT2D eigenvalue weighted by atomic mass is 32.1. The fourth-order valence-corrected chi connectivity index (χ4v) is 11.0. The fourth-order valence-electron chi connectivity index (χ4n) is 6.47. The molecular formula is C41H39N2O7PS. The zero-order chi connectivity index (χ0) is 37.3. The van der Waals surface area contributed by atoms with E-state index in [1.807, 2.05) is 91.0 Å². The molecule has 2 N–H and O–H groups in total. The molecule has 1 aliphatic rings. The van der Waals surface area contributed by atoms with Crippen LogP contribution in [0.2, 0.25) is 0 Å². The summed E-state index contributed by atoms with van der Waals surface area (Å²) in [5, 5.41) is 2.34. The third kappa shape index (κ3) is 7.68. The van der Waals surface area contributed by atoms with Crippen LogP contribution in [-0.4, -0.2) is 64.5 Å². The quantitative estimate of drug-likeness (QED) is 0.0433. The van der Waals surface area contributed by atoms with Crippen molar-refractivity contribution in [1.82, 2.24) is 4.90 Å². The Hall–Kier alpha value is -5.57. The lowest BCUT2D eigenvalue weighted by Crippen LogP contribution is -2.69. The van der Waals surface area contributed by atoms with Gasteiger partial charge < -0.3 is 24.8 Å². The van der Waals surface area contributed by atoms with E-state index in [-0.39, 0.29) is 35.8 Å². The minimum absolute atomic E-state index is 0.0790. The molecule has 0 aromatic heterocycles. The normalized spacial score (nSPS) is 15.7. The first-order valence-electron chi connectivity index (χ1n) is 16.6. The number of benzene rings is 4. The van der Waals surface area contributed by atoms with Gasteiger partial charge in [0.05, 0.1) is 12.0 Å². The Kier molecular flexibility index (Phi) is 12.4. The molecule has 4 aromatic rings. The van der Waals surface area contributed by atoms with E-state index in [1.165, 1.54) is 17.1 Å². The predicted molar refractivity (Wildman–Crippen MR) is 209 cm³/mol. The third-order valence-corrected chi connectivity index (χ3v) is 13.2. The SMILES string of the molecule is C=CCOC(=O)O[C@H](C)[C@H]1C(=O)N(C(C(=O)OCC=C)=P(c2ccccc2)(c2ccccc2)c2ccccc2)[C@@H]1CC(=O)c1cccc(C(N)=S)c1. The van der Waals surface area contributed by atoms with Gasteiger partial charge in [0, 0.05) is 24.4 Å². The zero-order valence-electron chi connectivity index (χ0n) is 28.6. The van der Waals surface area contributed by atoms with Gasteiger partial charge in [-0.1, -0.05) is 147 Å². The molecule has 3 atom stereocenters. The second-order valence-corrected chi connectivity index (χ2v) is 15.7. The van der Waals surface area contributed by atoms with Crippen molar-refractivity contribution >= 4 is 69.2 Å². The Morgan fingerprint density at radius 3 is 1.81 bits per heavy atom. The molecule has 9 nitrogen and oxygen atoms in total. The largest absolute Gasteiger partial charge is 0.508 e. The number of ketones is 1. The van der Waals surface area contributed by atoms with Crippen molar-refractivity contribution in [2.75, 3.05) is 13.2 Å². The molecule has 0 aliphatic carbocycles. The van der Waals surface area contributed by atoms with Crippen LogP contribution in [0.15, 0.2) is 141 Å². The van der Waals surface area contributed by atoms with Gasteiger partial charge in [-0.25, -0.2) is 9.59 Å². The van der Waals surface area contributed by atoms with E-state index < -0.39 is 43.0 Å². The first-order chi connectivity index (χ1) is 25.1. The standard InChI is InChI=1S/C41H39N2O7PS/c1-4-24-48-40(46)39(51(31-18-9-6-10-19-31,32-20-11-7-12-21-32)33-22-13-8-14-23-33)43-34(27-35(44)29-16-15-17-30(26-29)37(42)52)36(38(43)45)28(3)50-41(47)49-25-5-2/h4-23,26,28,34,36H,1-2,24-25,27H2,3H3,(H2,42,52)/t28-,34-,36-/m1/s1. The lowest BCUT2D eigenvalue weighted by molar-refractivity contribution is -0.158. The molecule has 0 saturated carbocycles. The maximum atomic E-state index is 14.7. The van der Waals surface area contributed by atoms with Crippen LogP contribution < -0.4 is 21.6 Å². The molecule has 52 heavy (non-hydrogen) atoms. The van der Waals surface area contributed by atoms with E-state index in [4.69, 9.17) is 32.2 Å². The van der Waals surface area contributed by atoms with Gasteiger partial charge in [-0.15, -0.1) is 0 Å². The van der Waals surface area contributed by atoms with Gasteiger partial charge in [0.25, 0.3) is 0 Å². The zero-order valence-corrected chi connectivity index (χ0v) is 30.3. The van der Waals surface area contributed by atoms with Crippen LogP contribution in [-0.2, 0) is 23.8 Å². The van der Waals surface area contributed by atoms with Gasteiger partial charge in [-0.05, 0) is 28.9 Å².